The summed E-state index contributed by atoms with van der Waals surface area (Å²) in [4.78, 5) is 4.87. The van der Waals surface area contributed by atoms with Gasteiger partial charge in [-0.3, -0.25) is 0 Å². The molecule has 0 aliphatic heterocycles. The SMILES string of the molecule is CC1CCC(c2nc(-c3ccccc3)n(C)c2N)CC1. The minimum atomic E-state index is 0.537. The molecule has 1 fully saturated rings. The minimum Gasteiger partial charge on any atom is -0.384 e. The van der Waals surface area contributed by atoms with Crippen LogP contribution in [0.2, 0.25) is 0 Å². The van der Waals surface area contributed by atoms with Gasteiger partial charge in [-0.15, -0.1) is 0 Å². The molecule has 1 aliphatic rings. The van der Waals surface area contributed by atoms with E-state index in [-0.39, 0.29) is 0 Å². The fourth-order valence-corrected chi connectivity index (χ4v) is 3.21. The van der Waals surface area contributed by atoms with Crippen LogP contribution in [0.3, 0.4) is 0 Å². The zero-order valence-electron chi connectivity index (χ0n) is 12.3. The Morgan fingerprint density at radius 2 is 1.75 bits per heavy atom. The highest BCUT2D eigenvalue weighted by atomic mass is 15.1. The number of aromatic nitrogens is 2. The molecule has 1 saturated carbocycles. The molecule has 1 aromatic carbocycles. The van der Waals surface area contributed by atoms with Crippen molar-refractivity contribution in [3.63, 3.8) is 0 Å². The van der Waals surface area contributed by atoms with Gasteiger partial charge in [0.1, 0.15) is 11.6 Å². The Hall–Kier alpha value is -1.77. The normalized spacial score (nSPS) is 22.9. The lowest BCUT2D eigenvalue weighted by Gasteiger charge is -2.25. The molecular weight excluding hydrogens is 246 g/mol. The van der Waals surface area contributed by atoms with Gasteiger partial charge < -0.3 is 10.3 Å². The molecule has 2 N–H and O–H groups in total. The molecule has 3 nitrogen and oxygen atoms in total. The smallest absolute Gasteiger partial charge is 0.141 e. The van der Waals surface area contributed by atoms with Crippen molar-refractivity contribution in [3.05, 3.63) is 36.0 Å². The van der Waals surface area contributed by atoms with Crippen LogP contribution in [0.4, 0.5) is 5.82 Å². The second kappa shape index (κ2) is 5.31. The maximum absolute atomic E-state index is 6.31. The van der Waals surface area contributed by atoms with Crippen LogP contribution >= 0.6 is 0 Å². The van der Waals surface area contributed by atoms with Gasteiger partial charge in [0.05, 0.1) is 5.69 Å². The monoisotopic (exact) mass is 269 g/mol. The summed E-state index contributed by atoms with van der Waals surface area (Å²) in [6.45, 7) is 2.34. The van der Waals surface area contributed by atoms with Gasteiger partial charge in [0.25, 0.3) is 0 Å². The Morgan fingerprint density at radius 3 is 2.40 bits per heavy atom. The molecule has 1 aromatic heterocycles. The van der Waals surface area contributed by atoms with E-state index in [1.54, 1.807) is 0 Å². The standard InChI is InChI=1S/C17H23N3/c1-12-8-10-13(11-9-12)15-16(18)20(2)17(19-15)14-6-4-3-5-7-14/h3-7,12-13H,8-11,18H2,1-2H3. The Bertz CT molecular complexity index is 578. The van der Waals surface area contributed by atoms with Gasteiger partial charge in [0, 0.05) is 18.5 Å². The van der Waals surface area contributed by atoms with Gasteiger partial charge in [-0.1, -0.05) is 50.1 Å². The lowest BCUT2D eigenvalue weighted by molar-refractivity contribution is 0.345. The maximum atomic E-state index is 6.31. The van der Waals surface area contributed by atoms with E-state index in [4.69, 9.17) is 10.7 Å². The molecule has 0 saturated heterocycles. The maximum Gasteiger partial charge on any atom is 0.141 e. The van der Waals surface area contributed by atoms with E-state index in [1.807, 2.05) is 29.8 Å². The Balaban J connectivity index is 1.94. The number of imidazole rings is 1. The molecule has 2 aromatic rings. The molecule has 0 radical (unpaired) electrons. The first-order valence-corrected chi connectivity index (χ1v) is 7.54. The molecule has 106 valence electrons. The Kier molecular flexibility index (Phi) is 3.51. The van der Waals surface area contributed by atoms with Crippen molar-refractivity contribution >= 4 is 5.82 Å². The number of anilines is 1. The molecule has 20 heavy (non-hydrogen) atoms. The summed E-state index contributed by atoms with van der Waals surface area (Å²) in [6, 6.07) is 10.3. The highest BCUT2D eigenvalue weighted by Crippen LogP contribution is 2.38. The predicted molar refractivity (Wildman–Crippen MR) is 83.4 cm³/mol. The van der Waals surface area contributed by atoms with E-state index in [2.05, 4.69) is 19.1 Å². The Morgan fingerprint density at radius 1 is 1.10 bits per heavy atom. The van der Waals surface area contributed by atoms with Gasteiger partial charge in [-0.2, -0.15) is 0 Å². The minimum absolute atomic E-state index is 0.537. The number of nitrogen functional groups attached to an aromatic ring is 1. The van der Waals surface area contributed by atoms with Crippen molar-refractivity contribution in [1.29, 1.82) is 0 Å². The third-order valence-corrected chi connectivity index (χ3v) is 4.60. The van der Waals surface area contributed by atoms with Crippen molar-refractivity contribution in [3.8, 4) is 11.4 Å². The van der Waals surface area contributed by atoms with E-state index >= 15 is 0 Å². The predicted octanol–water partition coefficient (Wildman–Crippen LogP) is 3.96. The summed E-state index contributed by atoms with van der Waals surface area (Å²) >= 11 is 0. The van der Waals surface area contributed by atoms with Crippen molar-refractivity contribution < 1.29 is 0 Å². The summed E-state index contributed by atoms with van der Waals surface area (Å²) in [7, 11) is 2.01. The summed E-state index contributed by atoms with van der Waals surface area (Å²) in [5, 5.41) is 0. The molecule has 0 atom stereocenters. The largest absolute Gasteiger partial charge is 0.384 e. The molecule has 3 rings (SSSR count). The molecule has 0 bridgehead atoms. The van der Waals surface area contributed by atoms with E-state index < -0.39 is 0 Å². The number of nitrogens with zero attached hydrogens (tertiary/aromatic N) is 2. The molecular formula is C17H23N3. The van der Waals surface area contributed by atoms with Crippen molar-refractivity contribution in [1.82, 2.24) is 9.55 Å². The van der Waals surface area contributed by atoms with Crippen LogP contribution in [0.25, 0.3) is 11.4 Å². The third kappa shape index (κ3) is 2.33. The summed E-state index contributed by atoms with van der Waals surface area (Å²) < 4.78 is 2.03. The first-order chi connectivity index (χ1) is 9.66. The zero-order valence-corrected chi connectivity index (χ0v) is 12.3. The summed E-state index contributed by atoms with van der Waals surface area (Å²) in [5.41, 5.74) is 8.55. The fraction of sp³-hybridized carbons (Fsp3) is 0.471. The Labute approximate surface area is 120 Å². The van der Waals surface area contributed by atoms with Crippen molar-refractivity contribution in [2.45, 2.75) is 38.5 Å². The quantitative estimate of drug-likeness (QED) is 0.896. The molecule has 1 aliphatic carbocycles. The van der Waals surface area contributed by atoms with Crippen molar-refractivity contribution in [2.24, 2.45) is 13.0 Å². The lowest BCUT2D eigenvalue weighted by atomic mass is 9.81. The number of nitrogens with two attached hydrogens (primary N) is 1. The van der Waals surface area contributed by atoms with Crippen LogP contribution in [0.5, 0.6) is 0 Å². The average Bonchev–Trinajstić information content (AvgIpc) is 2.77. The molecule has 3 heteroatoms. The van der Waals surface area contributed by atoms with E-state index in [9.17, 15) is 0 Å². The number of rotatable bonds is 2. The summed E-state index contributed by atoms with van der Waals surface area (Å²) in [6.07, 6.45) is 5.02. The van der Waals surface area contributed by atoms with Crippen molar-refractivity contribution in [2.75, 3.05) is 5.73 Å². The van der Waals surface area contributed by atoms with E-state index in [0.717, 1.165) is 28.8 Å². The van der Waals surface area contributed by atoms with E-state index in [0.29, 0.717) is 5.92 Å². The number of hydrogen-bond acceptors (Lipinski definition) is 2. The van der Waals surface area contributed by atoms with Gasteiger partial charge in [-0.05, 0) is 18.8 Å². The lowest BCUT2D eigenvalue weighted by Crippen LogP contribution is -2.12. The fourth-order valence-electron chi connectivity index (χ4n) is 3.21. The molecule has 0 amide bonds. The number of benzene rings is 1. The molecule has 1 heterocycles. The molecule has 0 spiro atoms. The second-order valence-electron chi connectivity index (χ2n) is 6.09. The van der Waals surface area contributed by atoms with Gasteiger partial charge in [0.2, 0.25) is 0 Å². The van der Waals surface area contributed by atoms with Gasteiger partial charge >= 0.3 is 0 Å². The zero-order chi connectivity index (χ0) is 14.1. The highest BCUT2D eigenvalue weighted by molar-refractivity contribution is 5.60. The summed E-state index contributed by atoms with van der Waals surface area (Å²) in [5.74, 6) is 3.21. The highest BCUT2D eigenvalue weighted by Gasteiger charge is 2.25. The molecule has 0 unspecified atom stereocenters. The third-order valence-electron chi connectivity index (χ3n) is 4.60. The topological polar surface area (TPSA) is 43.8 Å². The van der Waals surface area contributed by atoms with Crippen LogP contribution in [0.15, 0.2) is 30.3 Å². The van der Waals surface area contributed by atoms with Crippen LogP contribution < -0.4 is 5.73 Å². The van der Waals surface area contributed by atoms with E-state index in [1.165, 1.54) is 25.7 Å². The van der Waals surface area contributed by atoms with Gasteiger partial charge in [-0.25, -0.2) is 4.98 Å². The first kappa shape index (κ1) is 13.2. The van der Waals surface area contributed by atoms with Gasteiger partial charge in [0.15, 0.2) is 0 Å². The second-order valence-corrected chi connectivity index (χ2v) is 6.09. The van der Waals surface area contributed by atoms with Crippen LogP contribution in [0, 0.1) is 5.92 Å². The first-order valence-electron chi connectivity index (χ1n) is 7.54. The average molecular weight is 269 g/mol. The van der Waals surface area contributed by atoms with Crippen LogP contribution in [-0.2, 0) is 7.05 Å². The van der Waals surface area contributed by atoms with Crippen LogP contribution in [-0.4, -0.2) is 9.55 Å². The number of hydrogen-bond donors (Lipinski definition) is 1. The van der Waals surface area contributed by atoms with Crippen LogP contribution in [0.1, 0.15) is 44.2 Å².